The molecular formula is C12H15NO3. The molecule has 1 heterocycles. The van der Waals surface area contributed by atoms with E-state index >= 15 is 0 Å². The molecule has 1 fully saturated rings. The first kappa shape index (κ1) is 11.0. The van der Waals surface area contributed by atoms with E-state index in [1.807, 2.05) is 25.1 Å². The van der Waals surface area contributed by atoms with Crippen LogP contribution in [-0.2, 0) is 4.74 Å². The molecule has 0 bridgehead atoms. The summed E-state index contributed by atoms with van der Waals surface area (Å²) >= 11 is 0. The summed E-state index contributed by atoms with van der Waals surface area (Å²) in [6.45, 7) is 3.14. The van der Waals surface area contributed by atoms with Crippen LogP contribution in [0.3, 0.4) is 0 Å². The number of benzene rings is 1. The van der Waals surface area contributed by atoms with Gasteiger partial charge >= 0.3 is 0 Å². The highest BCUT2D eigenvalue weighted by atomic mass is 16.5. The summed E-state index contributed by atoms with van der Waals surface area (Å²) in [6.07, 6.45) is 0. The quantitative estimate of drug-likeness (QED) is 0.832. The predicted octanol–water partition coefficient (Wildman–Crippen LogP) is 1.13. The Morgan fingerprint density at radius 1 is 1.50 bits per heavy atom. The highest BCUT2D eigenvalue weighted by Gasteiger charge is 2.22. The van der Waals surface area contributed by atoms with Crippen molar-refractivity contribution in [2.45, 2.75) is 13.0 Å². The molecule has 0 atom stereocenters. The van der Waals surface area contributed by atoms with E-state index in [-0.39, 0.29) is 11.9 Å². The summed E-state index contributed by atoms with van der Waals surface area (Å²) in [6, 6.07) is 5.69. The van der Waals surface area contributed by atoms with Crippen molar-refractivity contribution in [3.8, 4) is 5.75 Å². The van der Waals surface area contributed by atoms with Gasteiger partial charge in [0.25, 0.3) is 5.91 Å². The van der Waals surface area contributed by atoms with Crippen LogP contribution in [0.5, 0.6) is 5.75 Å². The molecule has 0 unspecified atom stereocenters. The third-order valence-corrected chi connectivity index (χ3v) is 2.57. The van der Waals surface area contributed by atoms with E-state index in [0.717, 1.165) is 5.56 Å². The molecule has 4 nitrogen and oxygen atoms in total. The molecular weight excluding hydrogens is 206 g/mol. The maximum Gasteiger partial charge on any atom is 0.255 e. The number of carbonyl (C=O) groups is 1. The fourth-order valence-corrected chi connectivity index (χ4v) is 1.58. The predicted molar refractivity (Wildman–Crippen MR) is 59.8 cm³/mol. The van der Waals surface area contributed by atoms with E-state index in [9.17, 15) is 4.79 Å². The van der Waals surface area contributed by atoms with Gasteiger partial charge in [0.1, 0.15) is 5.75 Å². The van der Waals surface area contributed by atoms with E-state index < -0.39 is 0 Å². The van der Waals surface area contributed by atoms with Crippen molar-refractivity contribution in [1.82, 2.24) is 5.32 Å². The molecule has 86 valence electrons. The van der Waals surface area contributed by atoms with Gasteiger partial charge in [0, 0.05) is 0 Å². The zero-order chi connectivity index (χ0) is 11.5. The molecule has 1 aromatic rings. The number of amides is 1. The van der Waals surface area contributed by atoms with Gasteiger partial charge in [-0.2, -0.15) is 0 Å². The van der Waals surface area contributed by atoms with E-state index in [1.54, 1.807) is 7.11 Å². The van der Waals surface area contributed by atoms with Crippen LogP contribution in [0.15, 0.2) is 18.2 Å². The molecule has 0 aliphatic carbocycles. The van der Waals surface area contributed by atoms with Crippen LogP contribution in [-0.4, -0.2) is 32.3 Å². The molecule has 1 aliphatic heterocycles. The lowest BCUT2D eigenvalue weighted by molar-refractivity contribution is -0.00350. The Labute approximate surface area is 94.6 Å². The van der Waals surface area contributed by atoms with Gasteiger partial charge in [-0.3, -0.25) is 4.79 Å². The zero-order valence-corrected chi connectivity index (χ0v) is 9.45. The van der Waals surface area contributed by atoms with Crippen LogP contribution in [0.1, 0.15) is 15.9 Å². The summed E-state index contributed by atoms with van der Waals surface area (Å²) < 4.78 is 10.2. The molecule has 0 spiro atoms. The van der Waals surface area contributed by atoms with Crippen LogP contribution in [0, 0.1) is 6.92 Å². The molecule has 1 aromatic carbocycles. The average molecular weight is 221 g/mol. The van der Waals surface area contributed by atoms with Gasteiger partial charge < -0.3 is 14.8 Å². The average Bonchev–Trinajstić information content (AvgIpc) is 2.23. The van der Waals surface area contributed by atoms with Crippen LogP contribution in [0.25, 0.3) is 0 Å². The molecule has 1 amide bonds. The lowest BCUT2D eigenvalue weighted by atomic mass is 10.1. The number of nitrogens with one attached hydrogen (secondary N) is 1. The molecule has 4 heteroatoms. The van der Waals surface area contributed by atoms with Crippen molar-refractivity contribution in [1.29, 1.82) is 0 Å². The van der Waals surface area contributed by atoms with E-state index in [1.165, 1.54) is 0 Å². The van der Waals surface area contributed by atoms with Crippen molar-refractivity contribution in [2.24, 2.45) is 0 Å². The van der Waals surface area contributed by atoms with Gasteiger partial charge in [0.2, 0.25) is 0 Å². The largest absolute Gasteiger partial charge is 0.496 e. The second-order valence-electron chi connectivity index (χ2n) is 3.91. The summed E-state index contributed by atoms with van der Waals surface area (Å²) in [7, 11) is 1.56. The van der Waals surface area contributed by atoms with E-state index in [0.29, 0.717) is 24.5 Å². The Balaban J connectivity index is 2.16. The Hall–Kier alpha value is -1.55. The minimum Gasteiger partial charge on any atom is -0.496 e. The Kier molecular flexibility index (Phi) is 3.10. The maximum absolute atomic E-state index is 11.9. The van der Waals surface area contributed by atoms with Crippen LogP contribution >= 0.6 is 0 Å². The second-order valence-corrected chi connectivity index (χ2v) is 3.91. The first-order valence-corrected chi connectivity index (χ1v) is 5.24. The molecule has 1 saturated heterocycles. The summed E-state index contributed by atoms with van der Waals surface area (Å²) in [5.74, 6) is 0.497. The fourth-order valence-electron chi connectivity index (χ4n) is 1.58. The number of methoxy groups -OCH3 is 1. The van der Waals surface area contributed by atoms with Gasteiger partial charge in [-0.15, -0.1) is 0 Å². The van der Waals surface area contributed by atoms with Crippen LogP contribution in [0.4, 0.5) is 0 Å². The molecule has 16 heavy (non-hydrogen) atoms. The third-order valence-electron chi connectivity index (χ3n) is 2.57. The fraction of sp³-hybridized carbons (Fsp3) is 0.417. The lowest BCUT2D eigenvalue weighted by Crippen LogP contribution is -2.48. The number of aryl methyl sites for hydroxylation is 1. The first-order chi connectivity index (χ1) is 7.70. The third kappa shape index (κ3) is 2.17. The van der Waals surface area contributed by atoms with Crippen molar-refractivity contribution < 1.29 is 14.3 Å². The SMILES string of the molecule is COc1ccc(C)cc1C(=O)NC1COC1. The van der Waals surface area contributed by atoms with E-state index in [4.69, 9.17) is 9.47 Å². The van der Waals surface area contributed by atoms with Gasteiger partial charge in [-0.05, 0) is 19.1 Å². The van der Waals surface area contributed by atoms with Crippen molar-refractivity contribution in [3.05, 3.63) is 29.3 Å². The Bertz CT molecular complexity index is 399. The van der Waals surface area contributed by atoms with Crippen LogP contribution in [0.2, 0.25) is 0 Å². The number of carbonyl (C=O) groups excluding carboxylic acids is 1. The van der Waals surface area contributed by atoms with Gasteiger partial charge in [0.15, 0.2) is 0 Å². The molecule has 0 saturated carbocycles. The lowest BCUT2D eigenvalue weighted by Gasteiger charge is -2.27. The summed E-state index contributed by atoms with van der Waals surface area (Å²) in [4.78, 5) is 11.9. The number of rotatable bonds is 3. The highest BCUT2D eigenvalue weighted by Crippen LogP contribution is 2.19. The molecule has 1 N–H and O–H groups in total. The monoisotopic (exact) mass is 221 g/mol. The molecule has 0 radical (unpaired) electrons. The van der Waals surface area contributed by atoms with Gasteiger partial charge in [0.05, 0.1) is 31.9 Å². The summed E-state index contributed by atoms with van der Waals surface area (Å²) in [5.41, 5.74) is 1.62. The Morgan fingerprint density at radius 2 is 2.25 bits per heavy atom. The van der Waals surface area contributed by atoms with Crippen molar-refractivity contribution >= 4 is 5.91 Å². The minimum absolute atomic E-state index is 0.103. The van der Waals surface area contributed by atoms with Crippen LogP contribution < -0.4 is 10.1 Å². The normalized spacial score (nSPS) is 15.4. The highest BCUT2D eigenvalue weighted by molar-refractivity contribution is 5.97. The van der Waals surface area contributed by atoms with Gasteiger partial charge in [-0.25, -0.2) is 0 Å². The molecule has 0 aromatic heterocycles. The number of hydrogen-bond acceptors (Lipinski definition) is 3. The van der Waals surface area contributed by atoms with Gasteiger partial charge in [-0.1, -0.05) is 11.6 Å². The smallest absolute Gasteiger partial charge is 0.255 e. The van der Waals surface area contributed by atoms with Crippen molar-refractivity contribution in [2.75, 3.05) is 20.3 Å². The maximum atomic E-state index is 11.9. The van der Waals surface area contributed by atoms with E-state index in [2.05, 4.69) is 5.32 Å². The topological polar surface area (TPSA) is 47.6 Å². The zero-order valence-electron chi connectivity index (χ0n) is 9.45. The number of hydrogen-bond donors (Lipinski definition) is 1. The molecule has 2 rings (SSSR count). The molecule has 1 aliphatic rings. The standard InChI is InChI=1S/C12H15NO3/c1-8-3-4-11(15-2)10(5-8)12(14)13-9-6-16-7-9/h3-5,9H,6-7H2,1-2H3,(H,13,14). The Morgan fingerprint density at radius 3 is 2.81 bits per heavy atom. The minimum atomic E-state index is -0.103. The summed E-state index contributed by atoms with van der Waals surface area (Å²) in [5, 5.41) is 2.89. The second kappa shape index (κ2) is 4.53. The van der Waals surface area contributed by atoms with Crippen molar-refractivity contribution in [3.63, 3.8) is 0 Å². The number of ether oxygens (including phenoxy) is 2. The first-order valence-electron chi connectivity index (χ1n) is 5.24.